The molecule has 0 spiro atoms. The molecule has 0 aliphatic heterocycles. The maximum atomic E-state index is 10.3. The molecule has 10 nitrogen and oxygen atoms in total. The molecule has 0 radical (unpaired) electrons. The molecule has 0 aliphatic carbocycles. The third-order valence-corrected chi connectivity index (χ3v) is 2.63. The molecule has 0 aromatic heterocycles. The average molecular weight is 356 g/mol. The molecule has 10 heteroatoms. The monoisotopic (exact) mass is 356 g/mol. The SMILES string of the molecule is O=C(O)C=Cc1ccccc1O.O=C(O)CC(O)(CC(=O)O)C(=O)O. The molecule has 0 atom stereocenters. The van der Waals surface area contributed by atoms with E-state index in [-0.39, 0.29) is 5.75 Å². The highest BCUT2D eigenvalue weighted by molar-refractivity contribution is 5.88. The summed E-state index contributed by atoms with van der Waals surface area (Å²) in [4.78, 5) is 40.6. The van der Waals surface area contributed by atoms with Gasteiger partial charge in [-0.25, -0.2) is 9.59 Å². The predicted molar refractivity (Wildman–Crippen MR) is 81.9 cm³/mol. The maximum absolute atomic E-state index is 10.3. The van der Waals surface area contributed by atoms with Crippen molar-refractivity contribution in [3.05, 3.63) is 35.9 Å². The average Bonchev–Trinajstić information content (AvgIpc) is 2.45. The van der Waals surface area contributed by atoms with Crippen LogP contribution in [-0.4, -0.2) is 60.1 Å². The number of aromatic hydroxyl groups is 1. The Balaban J connectivity index is 0.000000462. The van der Waals surface area contributed by atoms with Gasteiger partial charge in [-0.1, -0.05) is 18.2 Å². The number of phenolic OH excluding ortho intramolecular Hbond substituents is 1. The van der Waals surface area contributed by atoms with Crippen molar-refractivity contribution in [3.63, 3.8) is 0 Å². The number of phenols is 1. The normalized spacial score (nSPS) is 10.6. The number of benzene rings is 1. The first-order chi connectivity index (χ1) is 11.5. The van der Waals surface area contributed by atoms with Crippen molar-refractivity contribution in [3.8, 4) is 5.75 Å². The number of carboxylic acids is 4. The number of aliphatic hydroxyl groups is 1. The zero-order valence-corrected chi connectivity index (χ0v) is 12.7. The van der Waals surface area contributed by atoms with Gasteiger partial charge in [0.15, 0.2) is 5.60 Å². The minimum absolute atomic E-state index is 0.0787. The molecule has 136 valence electrons. The number of carbonyl (C=O) groups is 4. The van der Waals surface area contributed by atoms with Gasteiger partial charge in [-0.05, 0) is 12.1 Å². The number of para-hydroxylation sites is 1. The zero-order valence-electron chi connectivity index (χ0n) is 12.7. The Morgan fingerprint density at radius 1 is 0.920 bits per heavy atom. The number of aliphatic carboxylic acids is 4. The summed E-state index contributed by atoms with van der Waals surface area (Å²) >= 11 is 0. The third-order valence-electron chi connectivity index (χ3n) is 2.63. The van der Waals surface area contributed by atoms with Crippen LogP contribution in [0.1, 0.15) is 18.4 Å². The van der Waals surface area contributed by atoms with E-state index in [1.54, 1.807) is 18.2 Å². The molecular weight excluding hydrogens is 340 g/mol. The van der Waals surface area contributed by atoms with E-state index in [9.17, 15) is 24.3 Å². The van der Waals surface area contributed by atoms with Crippen LogP contribution in [0.25, 0.3) is 6.08 Å². The largest absolute Gasteiger partial charge is 0.507 e. The van der Waals surface area contributed by atoms with Crippen molar-refractivity contribution in [2.45, 2.75) is 18.4 Å². The molecule has 25 heavy (non-hydrogen) atoms. The highest BCUT2D eigenvalue weighted by Gasteiger charge is 2.40. The molecule has 0 saturated heterocycles. The highest BCUT2D eigenvalue weighted by Crippen LogP contribution is 2.17. The van der Waals surface area contributed by atoms with Crippen LogP contribution >= 0.6 is 0 Å². The molecule has 0 bridgehead atoms. The first-order valence-electron chi connectivity index (χ1n) is 6.56. The quantitative estimate of drug-likeness (QED) is 0.369. The van der Waals surface area contributed by atoms with Gasteiger partial charge in [-0.2, -0.15) is 0 Å². The summed E-state index contributed by atoms with van der Waals surface area (Å²) in [7, 11) is 0. The lowest BCUT2D eigenvalue weighted by Gasteiger charge is -2.18. The van der Waals surface area contributed by atoms with E-state index in [0.29, 0.717) is 5.56 Å². The van der Waals surface area contributed by atoms with Crippen molar-refractivity contribution in [2.75, 3.05) is 0 Å². The van der Waals surface area contributed by atoms with Crippen LogP contribution in [-0.2, 0) is 19.2 Å². The van der Waals surface area contributed by atoms with E-state index in [1.807, 2.05) is 0 Å². The molecule has 6 N–H and O–H groups in total. The molecule has 0 amide bonds. The second kappa shape index (κ2) is 9.67. The Bertz CT molecular complexity index is 661. The predicted octanol–water partition coefficient (Wildman–Crippen LogP) is 0.242. The number of hydrogen-bond donors (Lipinski definition) is 6. The molecule has 0 fully saturated rings. The molecular formula is C15H16O10. The number of rotatable bonds is 7. The van der Waals surface area contributed by atoms with Gasteiger partial charge in [0, 0.05) is 11.6 Å². The van der Waals surface area contributed by atoms with E-state index in [1.165, 1.54) is 12.1 Å². The molecule has 1 rings (SSSR count). The lowest BCUT2D eigenvalue weighted by Crippen LogP contribution is -2.42. The second-order valence-electron chi connectivity index (χ2n) is 4.71. The second-order valence-corrected chi connectivity index (χ2v) is 4.71. The smallest absolute Gasteiger partial charge is 0.336 e. The van der Waals surface area contributed by atoms with E-state index < -0.39 is 42.3 Å². The van der Waals surface area contributed by atoms with E-state index >= 15 is 0 Å². The first-order valence-corrected chi connectivity index (χ1v) is 6.56. The summed E-state index contributed by atoms with van der Waals surface area (Å²) in [5.74, 6) is -5.97. The minimum atomic E-state index is -2.74. The molecule has 0 unspecified atom stereocenters. The summed E-state index contributed by atoms with van der Waals surface area (Å²) in [5.41, 5.74) is -2.24. The Labute approximate surface area is 140 Å². The van der Waals surface area contributed by atoms with Crippen LogP contribution in [0.15, 0.2) is 30.3 Å². The van der Waals surface area contributed by atoms with Crippen molar-refractivity contribution in [2.24, 2.45) is 0 Å². The van der Waals surface area contributed by atoms with Crippen LogP contribution in [0.2, 0.25) is 0 Å². The van der Waals surface area contributed by atoms with Gasteiger partial charge in [-0.3, -0.25) is 9.59 Å². The third kappa shape index (κ3) is 8.71. The van der Waals surface area contributed by atoms with Crippen LogP contribution in [0.4, 0.5) is 0 Å². The minimum Gasteiger partial charge on any atom is -0.507 e. The van der Waals surface area contributed by atoms with E-state index in [0.717, 1.165) is 6.08 Å². The fraction of sp³-hybridized carbons (Fsp3) is 0.200. The fourth-order valence-corrected chi connectivity index (χ4v) is 1.50. The van der Waals surface area contributed by atoms with Crippen LogP contribution in [0, 0.1) is 0 Å². The van der Waals surface area contributed by atoms with Crippen LogP contribution in [0.5, 0.6) is 5.75 Å². The number of hydrogen-bond acceptors (Lipinski definition) is 6. The summed E-state index contributed by atoms with van der Waals surface area (Å²) < 4.78 is 0. The van der Waals surface area contributed by atoms with Gasteiger partial charge in [0.1, 0.15) is 5.75 Å². The Morgan fingerprint density at radius 3 is 1.76 bits per heavy atom. The first kappa shape index (κ1) is 21.6. The lowest BCUT2D eigenvalue weighted by molar-refractivity contribution is -0.170. The Morgan fingerprint density at radius 2 is 1.40 bits per heavy atom. The zero-order chi connectivity index (χ0) is 19.6. The molecule has 0 aliphatic rings. The van der Waals surface area contributed by atoms with Gasteiger partial charge in [0.05, 0.1) is 12.8 Å². The van der Waals surface area contributed by atoms with E-state index in [4.69, 9.17) is 25.5 Å². The van der Waals surface area contributed by atoms with Crippen molar-refractivity contribution in [1.82, 2.24) is 0 Å². The summed E-state index contributed by atoms with van der Waals surface area (Å²) in [6.07, 6.45) is 0.0377. The highest BCUT2D eigenvalue weighted by atomic mass is 16.4. The van der Waals surface area contributed by atoms with Gasteiger partial charge < -0.3 is 30.6 Å². The fourth-order valence-electron chi connectivity index (χ4n) is 1.50. The van der Waals surface area contributed by atoms with Gasteiger partial charge >= 0.3 is 23.9 Å². The lowest BCUT2D eigenvalue weighted by atomic mass is 9.96. The van der Waals surface area contributed by atoms with Crippen molar-refractivity contribution < 1.29 is 49.8 Å². The van der Waals surface area contributed by atoms with Crippen molar-refractivity contribution >= 4 is 30.0 Å². The standard InChI is InChI=1S/C9H8O3.C6H8O7/c10-8-4-2-1-3-7(8)5-6-9(11)12;7-3(8)1-6(13,5(11)12)2-4(9)10/h1-6,10H,(H,11,12);13H,1-2H2,(H,7,8)(H,9,10)(H,11,12). The van der Waals surface area contributed by atoms with E-state index in [2.05, 4.69) is 0 Å². The Hall–Kier alpha value is -3.40. The molecule has 1 aromatic carbocycles. The Kier molecular flexibility index (Phi) is 8.36. The van der Waals surface area contributed by atoms with Crippen LogP contribution in [0.3, 0.4) is 0 Å². The molecule has 0 saturated carbocycles. The molecule has 0 heterocycles. The molecule has 1 aromatic rings. The maximum Gasteiger partial charge on any atom is 0.336 e. The summed E-state index contributed by atoms with van der Waals surface area (Å²) in [6, 6.07) is 6.53. The topological polar surface area (TPSA) is 190 Å². The van der Waals surface area contributed by atoms with Gasteiger partial charge in [-0.15, -0.1) is 0 Å². The summed E-state index contributed by atoms with van der Waals surface area (Å²) in [5, 5.41) is 51.3. The van der Waals surface area contributed by atoms with Gasteiger partial charge in [0.25, 0.3) is 0 Å². The number of carboxylic acid groups (broad SMARTS) is 4. The summed E-state index contributed by atoms with van der Waals surface area (Å²) in [6.45, 7) is 0. The van der Waals surface area contributed by atoms with Crippen molar-refractivity contribution in [1.29, 1.82) is 0 Å². The van der Waals surface area contributed by atoms with Crippen LogP contribution < -0.4 is 0 Å². The van der Waals surface area contributed by atoms with Gasteiger partial charge in [0.2, 0.25) is 0 Å².